The highest BCUT2D eigenvalue weighted by molar-refractivity contribution is 5.82. The van der Waals surface area contributed by atoms with Gasteiger partial charge in [0.25, 0.3) is 5.89 Å². The van der Waals surface area contributed by atoms with Crippen LogP contribution in [0.4, 0.5) is 4.39 Å². The van der Waals surface area contributed by atoms with Crippen molar-refractivity contribution in [1.82, 2.24) is 20.4 Å². The number of likely N-dealkylation sites (tertiary alicyclic amines) is 1. The fourth-order valence-corrected chi connectivity index (χ4v) is 3.87. The topological polar surface area (TPSA) is 80.5 Å². The third kappa shape index (κ3) is 4.17. The lowest BCUT2D eigenvalue weighted by molar-refractivity contribution is -0.127. The van der Waals surface area contributed by atoms with Crippen LogP contribution in [-0.4, -0.2) is 52.8 Å². The number of nitrogens with one attached hydrogen (secondary N) is 1. The van der Waals surface area contributed by atoms with Crippen LogP contribution in [0.1, 0.15) is 31.5 Å². The van der Waals surface area contributed by atoms with Gasteiger partial charge in [-0.2, -0.15) is 4.98 Å². The van der Waals surface area contributed by atoms with Crippen LogP contribution in [0.2, 0.25) is 0 Å². The predicted octanol–water partition coefficient (Wildman–Crippen LogP) is 2.14. The Morgan fingerprint density at radius 2 is 2.15 bits per heavy atom. The Hall–Kier alpha value is -2.32. The lowest BCUT2D eigenvalue weighted by atomic mass is 10.1. The van der Waals surface area contributed by atoms with E-state index < -0.39 is 0 Å². The van der Waals surface area contributed by atoms with Gasteiger partial charge in [-0.1, -0.05) is 11.2 Å². The van der Waals surface area contributed by atoms with Crippen molar-refractivity contribution >= 4 is 5.91 Å². The molecule has 8 heteroatoms. The molecule has 1 aromatic carbocycles. The van der Waals surface area contributed by atoms with Gasteiger partial charge in [0.15, 0.2) is 5.82 Å². The second kappa shape index (κ2) is 8.14. The van der Waals surface area contributed by atoms with Crippen LogP contribution in [0.25, 0.3) is 11.5 Å². The number of benzene rings is 1. The van der Waals surface area contributed by atoms with Gasteiger partial charge in [-0.15, -0.1) is 0 Å². The highest BCUT2D eigenvalue weighted by atomic mass is 19.1. The number of amides is 1. The SMILES string of the molecule is O=C(NCc1noc(-c2cccc(F)c2)n1)[C@H]1CCCN1C1CCOCC1. The number of halogens is 1. The fraction of sp³-hybridized carbons (Fsp3) is 0.526. The van der Waals surface area contributed by atoms with E-state index >= 15 is 0 Å². The second-order valence-corrected chi connectivity index (χ2v) is 6.98. The molecule has 1 atom stereocenters. The Morgan fingerprint density at radius 3 is 2.96 bits per heavy atom. The van der Waals surface area contributed by atoms with Crippen molar-refractivity contribution in [2.24, 2.45) is 0 Å². The molecule has 144 valence electrons. The number of carbonyl (C=O) groups excluding carboxylic acids is 1. The van der Waals surface area contributed by atoms with Crippen LogP contribution >= 0.6 is 0 Å². The van der Waals surface area contributed by atoms with Gasteiger partial charge >= 0.3 is 0 Å². The van der Waals surface area contributed by atoms with E-state index in [1.807, 2.05) is 0 Å². The molecule has 4 rings (SSSR count). The molecule has 0 saturated carbocycles. The third-order valence-electron chi connectivity index (χ3n) is 5.22. The minimum absolute atomic E-state index is 0.00361. The average molecular weight is 374 g/mol. The maximum Gasteiger partial charge on any atom is 0.258 e. The van der Waals surface area contributed by atoms with Gasteiger partial charge in [-0.25, -0.2) is 4.39 Å². The number of aromatic nitrogens is 2. The van der Waals surface area contributed by atoms with Crippen molar-refractivity contribution < 1.29 is 18.4 Å². The normalized spacial score (nSPS) is 21.4. The summed E-state index contributed by atoms with van der Waals surface area (Å²) in [6.45, 7) is 2.67. The summed E-state index contributed by atoms with van der Waals surface area (Å²) in [6, 6.07) is 6.28. The summed E-state index contributed by atoms with van der Waals surface area (Å²) < 4.78 is 23.9. The maximum absolute atomic E-state index is 13.3. The zero-order valence-electron chi connectivity index (χ0n) is 15.1. The molecule has 2 aromatic rings. The number of hydrogen-bond donors (Lipinski definition) is 1. The quantitative estimate of drug-likeness (QED) is 0.864. The summed E-state index contributed by atoms with van der Waals surface area (Å²) in [4.78, 5) is 19.2. The first kappa shape index (κ1) is 18.1. The van der Waals surface area contributed by atoms with Crippen LogP contribution in [0.15, 0.2) is 28.8 Å². The number of carbonyl (C=O) groups is 1. The molecule has 7 nitrogen and oxygen atoms in total. The minimum atomic E-state index is -0.366. The first-order valence-electron chi connectivity index (χ1n) is 9.40. The largest absolute Gasteiger partial charge is 0.381 e. The first-order chi connectivity index (χ1) is 13.2. The molecule has 2 saturated heterocycles. The van der Waals surface area contributed by atoms with E-state index in [0.29, 0.717) is 17.4 Å². The molecule has 27 heavy (non-hydrogen) atoms. The van der Waals surface area contributed by atoms with Crippen LogP contribution in [0.3, 0.4) is 0 Å². The number of ether oxygens (including phenoxy) is 1. The Kier molecular flexibility index (Phi) is 5.45. The van der Waals surface area contributed by atoms with E-state index in [1.54, 1.807) is 12.1 Å². The molecular formula is C19H23FN4O3. The van der Waals surface area contributed by atoms with Crippen LogP contribution in [-0.2, 0) is 16.1 Å². The summed E-state index contributed by atoms with van der Waals surface area (Å²) in [6.07, 6.45) is 3.85. The smallest absolute Gasteiger partial charge is 0.258 e. The molecule has 2 aliphatic heterocycles. The fourth-order valence-electron chi connectivity index (χ4n) is 3.87. The Morgan fingerprint density at radius 1 is 1.30 bits per heavy atom. The number of nitrogens with zero attached hydrogens (tertiary/aromatic N) is 3. The number of rotatable bonds is 5. The minimum Gasteiger partial charge on any atom is -0.381 e. The maximum atomic E-state index is 13.3. The van der Waals surface area contributed by atoms with Gasteiger partial charge in [0.05, 0.1) is 12.6 Å². The van der Waals surface area contributed by atoms with Gasteiger partial charge in [-0.3, -0.25) is 9.69 Å². The second-order valence-electron chi connectivity index (χ2n) is 6.98. The van der Waals surface area contributed by atoms with Crippen LogP contribution < -0.4 is 5.32 Å². The van der Waals surface area contributed by atoms with E-state index in [2.05, 4.69) is 20.4 Å². The summed E-state index contributed by atoms with van der Waals surface area (Å²) in [5.74, 6) is 0.243. The van der Waals surface area contributed by atoms with Crippen LogP contribution in [0.5, 0.6) is 0 Å². The van der Waals surface area contributed by atoms with Gasteiger partial charge in [0.2, 0.25) is 5.91 Å². The lowest BCUT2D eigenvalue weighted by Crippen LogP contribution is -2.49. The van der Waals surface area contributed by atoms with E-state index in [0.717, 1.165) is 45.4 Å². The summed E-state index contributed by atoms with van der Waals surface area (Å²) >= 11 is 0. The van der Waals surface area contributed by atoms with Crippen molar-refractivity contribution in [3.63, 3.8) is 0 Å². The van der Waals surface area contributed by atoms with Crippen molar-refractivity contribution in [3.8, 4) is 11.5 Å². The summed E-state index contributed by atoms with van der Waals surface area (Å²) in [7, 11) is 0. The molecular weight excluding hydrogens is 351 g/mol. The van der Waals surface area contributed by atoms with Crippen molar-refractivity contribution in [1.29, 1.82) is 0 Å². The highest BCUT2D eigenvalue weighted by Crippen LogP contribution is 2.25. The summed E-state index contributed by atoms with van der Waals surface area (Å²) in [5, 5.41) is 6.79. The Bertz CT molecular complexity index is 791. The predicted molar refractivity (Wildman–Crippen MR) is 95.1 cm³/mol. The lowest BCUT2D eigenvalue weighted by Gasteiger charge is -2.34. The zero-order chi connectivity index (χ0) is 18.6. The Labute approximate surface area is 156 Å². The number of hydrogen-bond acceptors (Lipinski definition) is 6. The highest BCUT2D eigenvalue weighted by Gasteiger charge is 2.35. The monoisotopic (exact) mass is 374 g/mol. The average Bonchev–Trinajstić information content (AvgIpc) is 3.36. The van der Waals surface area contributed by atoms with Gasteiger partial charge in [0.1, 0.15) is 5.82 Å². The van der Waals surface area contributed by atoms with Gasteiger partial charge in [-0.05, 0) is 50.4 Å². The van der Waals surface area contributed by atoms with Crippen molar-refractivity contribution in [2.45, 2.75) is 44.3 Å². The van der Waals surface area contributed by atoms with E-state index in [4.69, 9.17) is 9.26 Å². The molecule has 0 radical (unpaired) electrons. The molecule has 1 amide bonds. The molecule has 1 N–H and O–H groups in total. The molecule has 0 spiro atoms. The van der Waals surface area contributed by atoms with Crippen LogP contribution in [0, 0.1) is 5.82 Å². The molecule has 0 aliphatic carbocycles. The molecule has 2 aliphatic rings. The molecule has 0 bridgehead atoms. The molecule has 3 heterocycles. The van der Waals surface area contributed by atoms with Gasteiger partial charge < -0.3 is 14.6 Å². The molecule has 1 aromatic heterocycles. The third-order valence-corrected chi connectivity index (χ3v) is 5.22. The van der Waals surface area contributed by atoms with E-state index in [1.165, 1.54) is 12.1 Å². The standard InChI is InChI=1S/C19H23FN4O3/c20-14-4-1-3-13(11-14)19-22-17(23-27-19)12-21-18(25)16-5-2-8-24(16)15-6-9-26-10-7-15/h1,3-4,11,15-16H,2,5-10,12H2,(H,21,25)/t16-/m1/s1. The Balaban J connectivity index is 1.35. The van der Waals surface area contributed by atoms with Gasteiger partial charge in [0, 0.05) is 24.8 Å². The zero-order valence-corrected chi connectivity index (χ0v) is 15.1. The van der Waals surface area contributed by atoms with E-state index in [9.17, 15) is 9.18 Å². The molecule has 2 fully saturated rings. The molecule has 0 unspecified atom stereocenters. The van der Waals surface area contributed by atoms with E-state index in [-0.39, 0.29) is 30.2 Å². The first-order valence-corrected chi connectivity index (χ1v) is 9.40. The van der Waals surface area contributed by atoms with Crippen molar-refractivity contribution in [2.75, 3.05) is 19.8 Å². The van der Waals surface area contributed by atoms with Crippen molar-refractivity contribution in [3.05, 3.63) is 35.9 Å². The summed E-state index contributed by atoms with van der Waals surface area (Å²) in [5.41, 5.74) is 0.515.